The number of ether oxygens (including phenoxy) is 1. The molecule has 0 saturated carbocycles. The second-order valence-corrected chi connectivity index (χ2v) is 7.79. The molecule has 0 aliphatic heterocycles. The molecule has 0 amide bonds. The van der Waals surface area contributed by atoms with Crippen molar-refractivity contribution in [1.29, 1.82) is 0 Å². The average Bonchev–Trinajstić information content (AvgIpc) is 2.27. The van der Waals surface area contributed by atoms with E-state index < -0.39 is 14.6 Å². The highest BCUT2D eigenvalue weighted by Gasteiger charge is 2.29. The summed E-state index contributed by atoms with van der Waals surface area (Å²) in [6.45, 7) is 4.19. The molecule has 0 fully saturated rings. The Morgan fingerprint density at radius 3 is 2.47 bits per heavy atom. The van der Waals surface area contributed by atoms with Gasteiger partial charge < -0.3 is 15.2 Å². The lowest BCUT2D eigenvalue weighted by atomic mass is 10.1. The maximum absolute atomic E-state index is 11.5. The molecule has 2 N–H and O–H groups in total. The Kier molecular flexibility index (Phi) is 4.81. The molecule has 1 rings (SSSR count). The molecule has 0 unspecified atom stereocenters. The highest BCUT2D eigenvalue weighted by atomic mass is 32.2. The Morgan fingerprint density at radius 2 is 2.00 bits per heavy atom. The Balaban J connectivity index is 2.62. The SMILES string of the molecule is COc1ccc(CNCC(C)(C)S(C)(=O)=O)cc1O. The highest BCUT2D eigenvalue weighted by Crippen LogP contribution is 2.26. The van der Waals surface area contributed by atoms with Crippen LogP contribution in [-0.2, 0) is 16.4 Å². The topological polar surface area (TPSA) is 75.6 Å². The molecule has 0 atom stereocenters. The quantitative estimate of drug-likeness (QED) is 0.825. The summed E-state index contributed by atoms with van der Waals surface area (Å²) in [5, 5.41) is 12.7. The van der Waals surface area contributed by atoms with Crippen molar-refractivity contribution < 1.29 is 18.3 Å². The third-order valence-electron chi connectivity index (χ3n) is 3.13. The van der Waals surface area contributed by atoms with Gasteiger partial charge in [-0.1, -0.05) is 6.07 Å². The van der Waals surface area contributed by atoms with Gasteiger partial charge in [0.2, 0.25) is 0 Å². The van der Waals surface area contributed by atoms with Crippen LogP contribution in [0.1, 0.15) is 19.4 Å². The first-order chi connectivity index (χ1) is 8.67. The van der Waals surface area contributed by atoms with Gasteiger partial charge in [0.1, 0.15) is 0 Å². The number of benzene rings is 1. The van der Waals surface area contributed by atoms with Crippen LogP contribution in [0.5, 0.6) is 11.5 Å². The van der Waals surface area contributed by atoms with Crippen molar-refractivity contribution >= 4 is 9.84 Å². The van der Waals surface area contributed by atoms with E-state index in [4.69, 9.17) is 4.74 Å². The van der Waals surface area contributed by atoms with E-state index in [0.29, 0.717) is 18.8 Å². The molecule has 5 nitrogen and oxygen atoms in total. The summed E-state index contributed by atoms with van der Waals surface area (Å²) in [4.78, 5) is 0. The number of nitrogens with one attached hydrogen (secondary N) is 1. The van der Waals surface area contributed by atoms with Crippen LogP contribution in [0.25, 0.3) is 0 Å². The molecule has 1 aromatic carbocycles. The Bertz CT molecular complexity index is 538. The molecule has 6 heteroatoms. The maximum Gasteiger partial charge on any atom is 0.160 e. The first kappa shape index (κ1) is 15.8. The smallest absolute Gasteiger partial charge is 0.160 e. The zero-order valence-electron chi connectivity index (χ0n) is 11.7. The standard InChI is InChI=1S/C13H21NO4S/c1-13(2,19(4,16)17)9-14-8-10-5-6-12(18-3)11(15)7-10/h5-7,14-15H,8-9H2,1-4H3. The number of methoxy groups -OCH3 is 1. The zero-order valence-corrected chi connectivity index (χ0v) is 12.5. The van der Waals surface area contributed by atoms with Crippen molar-refractivity contribution in [1.82, 2.24) is 5.32 Å². The summed E-state index contributed by atoms with van der Waals surface area (Å²) in [5.74, 6) is 0.490. The van der Waals surface area contributed by atoms with Gasteiger partial charge in [0, 0.05) is 19.3 Å². The van der Waals surface area contributed by atoms with Crippen molar-refractivity contribution in [3.8, 4) is 11.5 Å². The number of phenols is 1. The minimum atomic E-state index is -3.11. The van der Waals surface area contributed by atoms with Gasteiger partial charge in [-0.05, 0) is 31.5 Å². The van der Waals surface area contributed by atoms with Crippen molar-refractivity contribution in [3.05, 3.63) is 23.8 Å². The fourth-order valence-corrected chi connectivity index (χ4v) is 1.85. The number of sulfone groups is 1. The summed E-state index contributed by atoms with van der Waals surface area (Å²) in [7, 11) is -1.62. The largest absolute Gasteiger partial charge is 0.504 e. The third-order valence-corrected chi connectivity index (χ3v) is 5.28. The van der Waals surface area contributed by atoms with E-state index >= 15 is 0 Å². The molecule has 0 radical (unpaired) electrons. The molecule has 0 heterocycles. The second-order valence-electron chi connectivity index (χ2n) is 5.14. The molecule has 0 saturated heterocycles. The van der Waals surface area contributed by atoms with Gasteiger partial charge in [0.15, 0.2) is 21.3 Å². The van der Waals surface area contributed by atoms with Gasteiger partial charge in [-0.25, -0.2) is 8.42 Å². The molecule has 19 heavy (non-hydrogen) atoms. The fourth-order valence-electron chi connectivity index (χ4n) is 1.48. The molecule has 0 bridgehead atoms. The van der Waals surface area contributed by atoms with Gasteiger partial charge in [0.25, 0.3) is 0 Å². The predicted octanol–water partition coefficient (Wildman–Crippen LogP) is 1.31. The molecule has 0 spiro atoms. The van der Waals surface area contributed by atoms with E-state index in [1.807, 2.05) is 6.07 Å². The monoisotopic (exact) mass is 287 g/mol. The molecule has 0 aliphatic rings. The molecular weight excluding hydrogens is 266 g/mol. The number of rotatable bonds is 6. The molecule has 1 aromatic rings. The minimum Gasteiger partial charge on any atom is -0.504 e. The molecule has 0 aliphatic carbocycles. The van der Waals surface area contributed by atoms with Crippen molar-refractivity contribution in [3.63, 3.8) is 0 Å². The summed E-state index contributed by atoms with van der Waals surface area (Å²) >= 11 is 0. The van der Waals surface area contributed by atoms with Gasteiger partial charge >= 0.3 is 0 Å². The van der Waals surface area contributed by atoms with E-state index in [1.54, 1.807) is 26.0 Å². The normalized spacial score (nSPS) is 12.4. The first-order valence-corrected chi connectivity index (χ1v) is 7.83. The Hall–Kier alpha value is -1.27. The molecule has 108 valence electrons. The number of aromatic hydroxyl groups is 1. The average molecular weight is 287 g/mol. The number of hydrogen-bond donors (Lipinski definition) is 2. The molecular formula is C13H21NO4S. The van der Waals surface area contributed by atoms with E-state index in [1.165, 1.54) is 13.4 Å². The van der Waals surface area contributed by atoms with Crippen LogP contribution in [0, 0.1) is 0 Å². The van der Waals surface area contributed by atoms with Crippen LogP contribution >= 0.6 is 0 Å². The van der Waals surface area contributed by atoms with E-state index in [9.17, 15) is 13.5 Å². The predicted molar refractivity (Wildman–Crippen MR) is 75.3 cm³/mol. The first-order valence-electron chi connectivity index (χ1n) is 5.93. The van der Waals surface area contributed by atoms with Crippen molar-refractivity contribution in [2.24, 2.45) is 0 Å². The third kappa shape index (κ3) is 4.11. The summed E-state index contributed by atoms with van der Waals surface area (Å²) in [6.07, 6.45) is 1.23. The van der Waals surface area contributed by atoms with E-state index in [0.717, 1.165) is 5.56 Å². The van der Waals surface area contributed by atoms with Crippen LogP contribution in [0.15, 0.2) is 18.2 Å². The van der Waals surface area contributed by atoms with Crippen LogP contribution in [0.3, 0.4) is 0 Å². The lowest BCUT2D eigenvalue weighted by Crippen LogP contribution is -2.41. The number of phenolic OH excluding ortho intramolecular Hbond substituents is 1. The van der Waals surface area contributed by atoms with E-state index in [-0.39, 0.29) is 5.75 Å². The van der Waals surface area contributed by atoms with Crippen LogP contribution in [-0.4, -0.2) is 38.2 Å². The lowest BCUT2D eigenvalue weighted by Gasteiger charge is -2.22. The van der Waals surface area contributed by atoms with Gasteiger partial charge in [-0.15, -0.1) is 0 Å². The van der Waals surface area contributed by atoms with Crippen LogP contribution in [0.4, 0.5) is 0 Å². The summed E-state index contributed by atoms with van der Waals surface area (Å²) < 4.78 is 27.2. The van der Waals surface area contributed by atoms with E-state index in [2.05, 4.69) is 5.32 Å². The minimum absolute atomic E-state index is 0.0733. The lowest BCUT2D eigenvalue weighted by molar-refractivity contribution is 0.373. The number of hydrogen-bond acceptors (Lipinski definition) is 5. The Labute approximate surface area is 114 Å². The van der Waals surface area contributed by atoms with Crippen LogP contribution < -0.4 is 10.1 Å². The highest BCUT2D eigenvalue weighted by molar-refractivity contribution is 7.92. The van der Waals surface area contributed by atoms with Gasteiger partial charge in [-0.2, -0.15) is 0 Å². The fraction of sp³-hybridized carbons (Fsp3) is 0.538. The Morgan fingerprint density at radius 1 is 1.37 bits per heavy atom. The van der Waals surface area contributed by atoms with Crippen molar-refractivity contribution in [2.75, 3.05) is 19.9 Å². The van der Waals surface area contributed by atoms with Crippen molar-refractivity contribution in [2.45, 2.75) is 25.1 Å². The van der Waals surface area contributed by atoms with Gasteiger partial charge in [-0.3, -0.25) is 0 Å². The van der Waals surface area contributed by atoms with Crippen LogP contribution in [0.2, 0.25) is 0 Å². The molecule has 0 aromatic heterocycles. The summed E-state index contributed by atoms with van der Waals surface area (Å²) in [6, 6.07) is 5.09. The zero-order chi connectivity index (χ0) is 14.7. The van der Waals surface area contributed by atoms with Gasteiger partial charge in [0.05, 0.1) is 11.9 Å². The maximum atomic E-state index is 11.5. The second kappa shape index (κ2) is 5.79. The summed E-state index contributed by atoms with van der Waals surface area (Å²) in [5.41, 5.74) is 0.864.